The Morgan fingerprint density at radius 3 is 2.57 bits per heavy atom. The van der Waals surface area contributed by atoms with Crippen LogP contribution in [0.2, 0.25) is 0 Å². The molecule has 2 N–H and O–H groups in total. The van der Waals surface area contributed by atoms with E-state index < -0.39 is 6.03 Å². The predicted octanol–water partition coefficient (Wildman–Crippen LogP) is 3.78. The van der Waals surface area contributed by atoms with Crippen molar-refractivity contribution in [3.8, 4) is 0 Å². The molecule has 0 atom stereocenters. The van der Waals surface area contributed by atoms with Gasteiger partial charge in [0, 0.05) is 44.6 Å². The van der Waals surface area contributed by atoms with E-state index in [9.17, 15) is 4.79 Å². The van der Waals surface area contributed by atoms with Crippen LogP contribution in [0.5, 0.6) is 0 Å². The Bertz CT molecular complexity index is 862. The van der Waals surface area contributed by atoms with Crippen molar-refractivity contribution in [3.05, 3.63) is 58.7 Å². The maximum atomic E-state index is 11.8. The van der Waals surface area contributed by atoms with Gasteiger partial charge >= 0.3 is 6.03 Å². The number of carbonyl (C=O) groups is 1. The molecule has 1 saturated heterocycles. The normalized spacial score (nSPS) is 15.1. The van der Waals surface area contributed by atoms with Gasteiger partial charge in [-0.3, -0.25) is 20.1 Å². The third-order valence-electron chi connectivity index (χ3n) is 5.94. The summed E-state index contributed by atoms with van der Waals surface area (Å²) in [5.41, 5.74) is 7.56. The molecule has 1 aliphatic heterocycles. The highest BCUT2D eigenvalue weighted by Gasteiger charge is 2.28. The third kappa shape index (κ3) is 5.34. The molecule has 0 unspecified atom stereocenters. The van der Waals surface area contributed by atoms with Crippen LogP contribution in [0, 0.1) is 13.8 Å². The second kappa shape index (κ2) is 10.00. The first-order valence-electron chi connectivity index (χ1n) is 10.7. The number of hydrogen-bond acceptors (Lipinski definition) is 5. The van der Waals surface area contributed by atoms with Crippen molar-refractivity contribution in [2.45, 2.75) is 65.6 Å². The molecule has 1 aliphatic rings. The number of hydrogen-bond donors (Lipinski definition) is 2. The zero-order chi connectivity index (χ0) is 21.7. The van der Waals surface area contributed by atoms with Gasteiger partial charge in [-0.2, -0.15) is 0 Å². The smallest absolute Gasteiger partial charge is 0.323 e. The Morgan fingerprint density at radius 2 is 1.93 bits per heavy atom. The first kappa shape index (κ1) is 22.2. The van der Waals surface area contributed by atoms with Crippen LogP contribution in [0.3, 0.4) is 0 Å². The number of aromatic nitrogens is 2. The van der Waals surface area contributed by atoms with Gasteiger partial charge in [-0.25, -0.2) is 10.3 Å². The molecule has 0 bridgehead atoms. The van der Waals surface area contributed by atoms with E-state index in [4.69, 9.17) is 15.2 Å². The van der Waals surface area contributed by atoms with Gasteiger partial charge in [0.05, 0.1) is 11.4 Å². The number of pyridine rings is 2. The topological polar surface area (TPSA) is 81.6 Å². The number of hydroxylamine groups is 1. The maximum Gasteiger partial charge on any atom is 0.341 e. The summed E-state index contributed by atoms with van der Waals surface area (Å²) in [7, 11) is 0. The summed E-state index contributed by atoms with van der Waals surface area (Å²) < 4.78 is 0. The van der Waals surface area contributed by atoms with Gasteiger partial charge in [0.25, 0.3) is 0 Å². The monoisotopic (exact) mass is 411 g/mol. The molecule has 1 fully saturated rings. The quantitative estimate of drug-likeness (QED) is 0.558. The summed E-state index contributed by atoms with van der Waals surface area (Å²) in [5.74, 6) is 0.407. The standard InChI is InChI=1S/C23H33N5O2/c1-16(2)20-6-5-9-24-22(20)15-28(14-21-18(4)12-17(3)13-25-21)19-7-10-27(11-8-19)23(29)26-30/h5-6,9,12-13,16,19,30H,7-8,10-11,14-15H2,1-4H3,(H,26,29). The van der Waals surface area contributed by atoms with E-state index >= 15 is 0 Å². The number of carbonyl (C=O) groups excluding carboxylic acids is 1. The summed E-state index contributed by atoms with van der Waals surface area (Å²) in [4.78, 5) is 25.3. The molecule has 2 aromatic heterocycles. The van der Waals surface area contributed by atoms with Crippen molar-refractivity contribution in [2.75, 3.05) is 13.1 Å². The Kier molecular flexibility index (Phi) is 7.39. The lowest BCUT2D eigenvalue weighted by Gasteiger charge is -2.38. The molecule has 0 spiro atoms. The molecule has 7 nitrogen and oxygen atoms in total. The van der Waals surface area contributed by atoms with E-state index in [0.717, 1.165) is 42.9 Å². The molecule has 3 heterocycles. The van der Waals surface area contributed by atoms with Crippen molar-refractivity contribution < 1.29 is 10.0 Å². The SMILES string of the molecule is Cc1cnc(CN(Cc2ncccc2C(C)C)C2CCN(C(=O)NO)CC2)c(C)c1. The number of likely N-dealkylation sites (tertiary alicyclic amines) is 1. The average Bonchev–Trinajstić information content (AvgIpc) is 2.74. The zero-order valence-electron chi connectivity index (χ0n) is 18.4. The maximum absolute atomic E-state index is 11.8. The van der Waals surface area contributed by atoms with Crippen molar-refractivity contribution in [1.82, 2.24) is 25.2 Å². The Balaban J connectivity index is 1.83. The summed E-state index contributed by atoms with van der Waals surface area (Å²) in [6.45, 7) is 11.3. The molecule has 7 heteroatoms. The fraction of sp³-hybridized carbons (Fsp3) is 0.522. The molecule has 30 heavy (non-hydrogen) atoms. The van der Waals surface area contributed by atoms with Gasteiger partial charge in [0.15, 0.2) is 0 Å². The number of aryl methyl sites for hydroxylation is 2. The zero-order valence-corrected chi connectivity index (χ0v) is 18.4. The molecule has 2 amide bonds. The van der Waals surface area contributed by atoms with Crippen LogP contribution in [-0.4, -0.2) is 50.1 Å². The molecule has 162 valence electrons. The van der Waals surface area contributed by atoms with Gasteiger partial charge in [-0.05, 0) is 55.4 Å². The fourth-order valence-electron chi connectivity index (χ4n) is 4.22. The molecule has 0 aromatic carbocycles. The van der Waals surface area contributed by atoms with Gasteiger partial charge in [-0.15, -0.1) is 0 Å². The molecule has 2 aromatic rings. The van der Waals surface area contributed by atoms with Gasteiger partial charge in [0.2, 0.25) is 0 Å². The number of amides is 2. The third-order valence-corrected chi connectivity index (χ3v) is 5.94. The minimum atomic E-state index is -0.428. The number of rotatable bonds is 6. The summed E-state index contributed by atoms with van der Waals surface area (Å²) in [6.07, 6.45) is 5.49. The molecule has 3 rings (SSSR count). The van der Waals surface area contributed by atoms with Crippen LogP contribution in [0.15, 0.2) is 30.6 Å². The second-order valence-electron chi connectivity index (χ2n) is 8.51. The molecule has 0 aliphatic carbocycles. The van der Waals surface area contributed by atoms with E-state index in [1.54, 1.807) is 10.4 Å². The van der Waals surface area contributed by atoms with Crippen LogP contribution >= 0.6 is 0 Å². The van der Waals surface area contributed by atoms with Crippen molar-refractivity contribution in [3.63, 3.8) is 0 Å². The molecular weight excluding hydrogens is 378 g/mol. The lowest BCUT2D eigenvalue weighted by molar-refractivity contribution is 0.0850. The van der Waals surface area contributed by atoms with Gasteiger partial charge in [-0.1, -0.05) is 26.0 Å². The van der Waals surface area contributed by atoms with E-state index in [1.807, 2.05) is 18.5 Å². The van der Waals surface area contributed by atoms with Crippen LogP contribution in [0.1, 0.15) is 60.7 Å². The van der Waals surface area contributed by atoms with Gasteiger partial charge < -0.3 is 4.90 Å². The van der Waals surface area contributed by atoms with Crippen LogP contribution < -0.4 is 5.48 Å². The van der Waals surface area contributed by atoms with Crippen LogP contribution in [0.25, 0.3) is 0 Å². The number of urea groups is 1. The van der Waals surface area contributed by atoms with Crippen LogP contribution in [0.4, 0.5) is 4.79 Å². The average molecular weight is 412 g/mol. The first-order valence-corrected chi connectivity index (χ1v) is 10.7. The Labute approximate surface area is 179 Å². The molecular formula is C23H33N5O2. The lowest BCUT2D eigenvalue weighted by Crippen LogP contribution is -2.48. The lowest BCUT2D eigenvalue weighted by atomic mass is 9.98. The van der Waals surface area contributed by atoms with Crippen molar-refractivity contribution in [1.29, 1.82) is 0 Å². The number of nitrogens with one attached hydrogen (secondary N) is 1. The summed E-state index contributed by atoms with van der Waals surface area (Å²) in [6, 6.07) is 6.23. The van der Waals surface area contributed by atoms with E-state index in [2.05, 4.69) is 44.7 Å². The molecule has 0 saturated carbocycles. The highest BCUT2D eigenvalue weighted by Crippen LogP contribution is 2.25. The summed E-state index contributed by atoms with van der Waals surface area (Å²) >= 11 is 0. The highest BCUT2D eigenvalue weighted by molar-refractivity contribution is 5.72. The Morgan fingerprint density at radius 1 is 1.23 bits per heavy atom. The predicted molar refractivity (Wildman–Crippen MR) is 116 cm³/mol. The molecule has 0 radical (unpaired) electrons. The second-order valence-corrected chi connectivity index (χ2v) is 8.51. The highest BCUT2D eigenvalue weighted by atomic mass is 16.5. The minimum Gasteiger partial charge on any atom is -0.323 e. The van der Waals surface area contributed by atoms with E-state index in [-0.39, 0.29) is 0 Å². The minimum absolute atomic E-state index is 0.317. The number of nitrogens with zero attached hydrogens (tertiary/aromatic N) is 4. The first-order chi connectivity index (χ1) is 14.4. The fourth-order valence-corrected chi connectivity index (χ4v) is 4.22. The summed E-state index contributed by atoms with van der Waals surface area (Å²) in [5, 5.41) is 8.92. The van der Waals surface area contributed by atoms with Crippen LogP contribution in [-0.2, 0) is 13.1 Å². The van der Waals surface area contributed by atoms with Gasteiger partial charge in [0.1, 0.15) is 0 Å². The Hall–Kier alpha value is -2.51. The largest absolute Gasteiger partial charge is 0.341 e. The number of piperidine rings is 1. The van der Waals surface area contributed by atoms with Crippen molar-refractivity contribution >= 4 is 6.03 Å². The van der Waals surface area contributed by atoms with E-state index in [1.165, 1.54) is 11.1 Å². The van der Waals surface area contributed by atoms with Crippen molar-refractivity contribution in [2.24, 2.45) is 0 Å². The van der Waals surface area contributed by atoms with E-state index in [0.29, 0.717) is 25.0 Å².